The molecule has 0 bridgehead atoms. The van der Waals surface area contributed by atoms with Gasteiger partial charge in [0.1, 0.15) is 0 Å². The van der Waals surface area contributed by atoms with E-state index in [2.05, 4.69) is 23.4 Å². The first-order valence-electron chi connectivity index (χ1n) is 6.92. The summed E-state index contributed by atoms with van der Waals surface area (Å²) in [5.41, 5.74) is 0. The lowest BCUT2D eigenvalue weighted by molar-refractivity contribution is -0.0262. The quantitative estimate of drug-likeness (QED) is 0.809. The number of nitrogens with zero attached hydrogens (tertiary/aromatic N) is 1. The Bertz CT molecular complexity index is 227. The molecule has 3 atom stereocenters. The van der Waals surface area contributed by atoms with E-state index in [0.717, 1.165) is 44.1 Å². The van der Waals surface area contributed by atoms with Crippen LogP contribution in [0.2, 0.25) is 0 Å². The second kappa shape index (κ2) is 6.98. The number of nitrogens with one attached hydrogen (secondary N) is 1. The second-order valence-corrected chi connectivity index (χ2v) is 6.30. The zero-order valence-corrected chi connectivity index (χ0v) is 12.0. The number of morpholine rings is 1. The Morgan fingerprint density at radius 3 is 3.00 bits per heavy atom. The number of likely N-dealkylation sites (N-methyl/N-ethyl adjacent to an activating group) is 1. The fourth-order valence-corrected chi connectivity index (χ4v) is 3.63. The number of thioether (sulfide) groups is 1. The van der Waals surface area contributed by atoms with E-state index in [-0.39, 0.29) is 0 Å². The third-order valence-corrected chi connectivity index (χ3v) is 5.12. The first-order valence-corrected chi connectivity index (χ1v) is 8.20. The monoisotopic (exact) mass is 258 g/mol. The molecule has 1 saturated heterocycles. The summed E-state index contributed by atoms with van der Waals surface area (Å²) in [6.07, 6.45) is 6.69. The van der Waals surface area contributed by atoms with Gasteiger partial charge in [-0.15, -0.1) is 0 Å². The Balaban J connectivity index is 1.64. The SMILES string of the molecule is CCN1CCOC(CNC2CCC(SC)C2)C1. The highest BCUT2D eigenvalue weighted by molar-refractivity contribution is 7.99. The molecule has 1 N–H and O–H groups in total. The average Bonchev–Trinajstić information content (AvgIpc) is 2.84. The zero-order valence-electron chi connectivity index (χ0n) is 11.2. The van der Waals surface area contributed by atoms with E-state index in [0.29, 0.717) is 6.10 Å². The van der Waals surface area contributed by atoms with E-state index in [1.165, 1.54) is 19.3 Å². The molecule has 100 valence electrons. The minimum atomic E-state index is 0.400. The molecule has 3 nitrogen and oxygen atoms in total. The van der Waals surface area contributed by atoms with Gasteiger partial charge in [-0.3, -0.25) is 4.90 Å². The minimum Gasteiger partial charge on any atom is -0.374 e. The molecule has 17 heavy (non-hydrogen) atoms. The van der Waals surface area contributed by atoms with Crippen LogP contribution in [-0.4, -0.2) is 61.3 Å². The summed E-state index contributed by atoms with van der Waals surface area (Å²) in [6.45, 7) is 7.52. The summed E-state index contributed by atoms with van der Waals surface area (Å²) in [6, 6.07) is 0.730. The van der Waals surface area contributed by atoms with Crippen molar-refractivity contribution in [2.24, 2.45) is 0 Å². The molecule has 1 saturated carbocycles. The summed E-state index contributed by atoms with van der Waals surface area (Å²) in [5, 5.41) is 4.58. The van der Waals surface area contributed by atoms with Crippen LogP contribution in [0.3, 0.4) is 0 Å². The van der Waals surface area contributed by atoms with Crippen molar-refractivity contribution < 1.29 is 4.74 Å². The average molecular weight is 258 g/mol. The zero-order chi connectivity index (χ0) is 12.1. The maximum atomic E-state index is 5.81. The van der Waals surface area contributed by atoms with E-state index in [4.69, 9.17) is 4.74 Å². The van der Waals surface area contributed by atoms with Crippen molar-refractivity contribution in [1.82, 2.24) is 10.2 Å². The maximum Gasteiger partial charge on any atom is 0.0826 e. The van der Waals surface area contributed by atoms with Crippen molar-refractivity contribution in [1.29, 1.82) is 0 Å². The third kappa shape index (κ3) is 4.12. The lowest BCUT2D eigenvalue weighted by Gasteiger charge is -2.32. The molecule has 0 radical (unpaired) electrons. The van der Waals surface area contributed by atoms with Crippen LogP contribution >= 0.6 is 11.8 Å². The van der Waals surface area contributed by atoms with Gasteiger partial charge in [0.25, 0.3) is 0 Å². The molecule has 2 fully saturated rings. The van der Waals surface area contributed by atoms with Crippen LogP contribution in [0.15, 0.2) is 0 Å². The number of rotatable bonds is 5. The molecular weight excluding hydrogens is 232 g/mol. The largest absolute Gasteiger partial charge is 0.374 e. The predicted octanol–water partition coefficient (Wildman–Crippen LogP) is 1.58. The van der Waals surface area contributed by atoms with Gasteiger partial charge in [-0.25, -0.2) is 0 Å². The molecule has 0 aromatic heterocycles. The highest BCUT2D eigenvalue weighted by atomic mass is 32.2. The van der Waals surface area contributed by atoms with Crippen LogP contribution in [0.5, 0.6) is 0 Å². The second-order valence-electron chi connectivity index (χ2n) is 5.16. The van der Waals surface area contributed by atoms with Crippen molar-refractivity contribution in [2.75, 3.05) is 39.0 Å². The van der Waals surface area contributed by atoms with Crippen LogP contribution in [0, 0.1) is 0 Å². The number of hydrogen-bond donors (Lipinski definition) is 1. The Hall–Kier alpha value is 0.230. The van der Waals surface area contributed by atoms with Crippen LogP contribution in [-0.2, 0) is 4.74 Å². The van der Waals surface area contributed by atoms with E-state index in [9.17, 15) is 0 Å². The molecule has 1 aliphatic heterocycles. The predicted molar refractivity (Wildman–Crippen MR) is 74.8 cm³/mol. The highest BCUT2D eigenvalue weighted by Gasteiger charge is 2.25. The molecule has 1 heterocycles. The van der Waals surface area contributed by atoms with Gasteiger partial charge in [0.05, 0.1) is 12.7 Å². The minimum absolute atomic E-state index is 0.400. The fraction of sp³-hybridized carbons (Fsp3) is 1.00. The normalized spacial score (nSPS) is 35.3. The molecular formula is C13H26N2OS. The van der Waals surface area contributed by atoms with Crippen molar-refractivity contribution in [3.8, 4) is 0 Å². The van der Waals surface area contributed by atoms with Gasteiger partial charge < -0.3 is 10.1 Å². The van der Waals surface area contributed by atoms with E-state index in [1.807, 2.05) is 11.8 Å². The summed E-state index contributed by atoms with van der Waals surface area (Å²) in [5.74, 6) is 0. The smallest absolute Gasteiger partial charge is 0.0826 e. The molecule has 0 amide bonds. The molecule has 0 aromatic carbocycles. The molecule has 4 heteroatoms. The Kier molecular flexibility index (Phi) is 5.60. The maximum absolute atomic E-state index is 5.81. The number of ether oxygens (including phenoxy) is 1. The molecule has 0 spiro atoms. The summed E-state index contributed by atoms with van der Waals surface area (Å²) in [7, 11) is 0. The summed E-state index contributed by atoms with van der Waals surface area (Å²) < 4.78 is 5.81. The van der Waals surface area contributed by atoms with Gasteiger partial charge in [0.2, 0.25) is 0 Å². The van der Waals surface area contributed by atoms with Crippen LogP contribution in [0.4, 0.5) is 0 Å². The molecule has 3 unspecified atom stereocenters. The lowest BCUT2D eigenvalue weighted by Crippen LogP contribution is -2.47. The Morgan fingerprint density at radius 1 is 1.41 bits per heavy atom. The first kappa shape index (κ1) is 13.7. The summed E-state index contributed by atoms with van der Waals surface area (Å²) in [4.78, 5) is 2.48. The van der Waals surface area contributed by atoms with E-state index in [1.54, 1.807) is 0 Å². The van der Waals surface area contributed by atoms with Gasteiger partial charge in [-0.2, -0.15) is 11.8 Å². The molecule has 2 rings (SSSR count). The van der Waals surface area contributed by atoms with Crippen molar-refractivity contribution in [3.05, 3.63) is 0 Å². The van der Waals surface area contributed by atoms with E-state index < -0.39 is 0 Å². The van der Waals surface area contributed by atoms with Crippen molar-refractivity contribution in [3.63, 3.8) is 0 Å². The molecule has 2 aliphatic rings. The first-order chi connectivity index (χ1) is 8.31. The summed E-state index contributed by atoms with van der Waals surface area (Å²) >= 11 is 2.02. The van der Waals surface area contributed by atoms with Gasteiger partial charge in [-0.05, 0) is 32.1 Å². The lowest BCUT2D eigenvalue weighted by atomic mass is 10.2. The Labute approximate surface area is 110 Å². The van der Waals surface area contributed by atoms with Crippen LogP contribution in [0.1, 0.15) is 26.2 Å². The van der Waals surface area contributed by atoms with E-state index >= 15 is 0 Å². The fourth-order valence-electron chi connectivity index (χ4n) is 2.83. The molecule has 0 aromatic rings. The highest BCUT2D eigenvalue weighted by Crippen LogP contribution is 2.28. The topological polar surface area (TPSA) is 24.5 Å². The van der Waals surface area contributed by atoms with Gasteiger partial charge in [0, 0.05) is 30.9 Å². The van der Waals surface area contributed by atoms with Gasteiger partial charge in [-0.1, -0.05) is 6.92 Å². The Morgan fingerprint density at radius 2 is 2.29 bits per heavy atom. The van der Waals surface area contributed by atoms with Gasteiger partial charge in [0.15, 0.2) is 0 Å². The van der Waals surface area contributed by atoms with Crippen molar-refractivity contribution in [2.45, 2.75) is 43.6 Å². The number of hydrogen-bond acceptors (Lipinski definition) is 4. The van der Waals surface area contributed by atoms with Crippen molar-refractivity contribution >= 4 is 11.8 Å². The standard InChI is InChI=1S/C13H26N2OS/c1-3-15-6-7-16-12(10-15)9-14-11-4-5-13(8-11)17-2/h11-14H,3-10H2,1-2H3. The third-order valence-electron chi connectivity index (χ3n) is 4.02. The van der Waals surface area contributed by atoms with Crippen LogP contribution < -0.4 is 5.32 Å². The molecule has 1 aliphatic carbocycles. The van der Waals surface area contributed by atoms with Gasteiger partial charge >= 0.3 is 0 Å². The van der Waals surface area contributed by atoms with Crippen LogP contribution in [0.25, 0.3) is 0 Å².